The fourth-order valence-corrected chi connectivity index (χ4v) is 2.39. The average molecular weight is 223 g/mol. The third-order valence-electron chi connectivity index (χ3n) is 2.57. The number of carbonyl (C=O) groups excluding carboxylic acids is 2. The van der Waals surface area contributed by atoms with E-state index in [0.29, 0.717) is 13.0 Å². The molecule has 3 nitrogen and oxygen atoms in total. The zero-order valence-corrected chi connectivity index (χ0v) is 9.26. The van der Waals surface area contributed by atoms with Gasteiger partial charge in [-0.25, -0.2) is 0 Å². The van der Waals surface area contributed by atoms with Crippen LogP contribution in [0.25, 0.3) is 0 Å². The molecule has 0 atom stereocenters. The van der Waals surface area contributed by atoms with Crippen molar-refractivity contribution >= 4 is 23.0 Å². The molecular weight excluding hydrogens is 210 g/mol. The van der Waals surface area contributed by atoms with Gasteiger partial charge in [0.2, 0.25) is 5.91 Å². The highest BCUT2D eigenvalue weighted by Gasteiger charge is 2.22. The maximum atomic E-state index is 11.5. The molecule has 15 heavy (non-hydrogen) atoms. The number of amides is 1. The molecular formula is C11H13NO2S. The number of Topliss-reactive ketones (excluding diaryl/α,β-unsaturated/α-hetero) is 1. The molecule has 1 aromatic heterocycles. The van der Waals surface area contributed by atoms with E-state index in [0.717, 1.165) is 13.0 Å². The Balaban J connectivity index is 1.85. The van der Waals surface area contributed by atoms with Crippen molar-refractivity contribution in [2.45, 2.75) is 19.3 Å². The number of rotatable bonds is 3. The van der Waals surface area contributed by atoms with E-state index in [2.05, 4.69) is 6.07 Å². The Bertz CT molecular complexity index is 359. The first-order valence-corrected chi connectivity index (χ1v) is 5.95. The van der Waals surface area contributed by atoms with Crippen molar-refractivity contribution in [2.24, 2.45) is 0 Å². The van der Waals surface area contributed by atoms with Crippen LogP contribution in [0.5, 0.6) is 0 Å². The minimum Gasteiger partial charge on any atom is -0.342 e. The fraction of sp³-hybridized carbons (Fsp3) is 0.455. The summed E-state index contributed by atoms with van der Waals surface area (Å²) in [5.74, 6) is 0.0650. The van der Waals surface area contributed by atoms with E-state index in [9.17, 15) is 9.59 Å². The molecule has 1 fully saturated rings. The van der Waals surface area contributed by atoms with Crippen molar-refractivity contribution in [3.63, 3.8) is 0 Å². The van der Waals surface area contributed by atoms with Crippen LogP contribution in [0.15, 0.2) is 17.5 Å². The number of likely N-dealkylation sites (tertiary alicyclic amines) is 1. The summed E-state index contributed by atoms with van der Waals surface area (Å²) in [7, 11) is 0. The van der Waals surface area contributed by atoms with E-state index in [-0.39, 0.29) is 18.1 Å². The van der Waals surface area contributed by atoms with Crippen molar-refractivity contribution in [3.8, 4) is 0 Å². The van der Waals surface area contributed by atoms with Gasteiger partial charge in [-0.15, -0.1) is 11.3 Å². The first kappa shape index (κ1) is 10.4. The third kappa shape index (κ3) is 2.65. The maximum Gasteiger partial charge on any atom is 0.230 e. The predicted molar refractivity (Wildman–Crippen MR) is 58.8 cm³/mol. The van der Waals surface area contributed by atoms with E-state index in [1.165, 1.54) is 4.88 Å². The second-order valence-electron chi connectivity index (χ2n) is 3.68. The van der Waals surface area contributed by atoms with Crippen LogP contribution in [-0.4, -0.2) is 29.7 Å². The summed E-state index contributed by atoms with van der Waals surface area (Å²) in [6.45, 7) is 1.34. The standard InChI is InChI=1S/C11H13NO2S/c13-9-3-5-12(11(14)8-9)6-4-10-2-1-7-15-10/h1-2,7H,3-6,8H2. The molecule has 0 aliphatic carbocycles. The maximum absolute atomic E-state index is 11.5. The molecule has 4 heteroatoms. The number of carbonyl (C=O) groups is 2. The molecule has 80 valence electrons. The summed E-state index contributed by atoms with van der Waals surface area (Å²) in [5.41, 5.74) is 0. The van der Waals surface area contributed by atoms with Crippen molar-refractivity contribution < 1.29 is 9.59 Å². The van der Waals surface area contributed by atoms with Crippen LogP contribution in [0.2, 0.25) is 0 Å². The molecule has 0 saturated carbocycles. The molecule has 1 amide bonds. The Morgan fingerprint density at radius 2 is 2.27 bits per heavy atom. The molecule has 0 unspecified atom stereocenters. The number of piperidine rings is 1. The summed E-state index contributed by atoms with van der Waals surface area (Å²) < 4.78 is 0. The van der Waals surface area contributed by atoms with Crippen LogP contribution in [-0.2, 0) is 16.0 Å². The summed E-state index contributed by atoms with van der Waals surface area (Å²) >= 11 is 1.71. The van der Waals surface area contributed by atoms with Gasteiger partial charge in [-0.1, -0.05) is 6.07 Å². The van der Waals surface area contributed by atoms with Crippen LogP contribution >= 0.6 is 11.3 Å². The minimum atomic E-state index is -0.0113. The lowest BCUT2D eigenvalue weighted by molar-refractivity contribution is -0.139. The van der Waals surface area contributed by atoms with Crippen LogP contribution < -0.4 is 0 Å². The summed E-state index contributed by atoms with van der Waals surface area (Å²) in [5, 5.41) is 2.04. The topological polar surface area (TPSA) is 37.4 Å². The highest BCUT2D eigenvalue weighted by atomic mass is 32.1. The molecule has 1 saturated heterocycles. The number of thiophene rings is 1. The van der Waals surface area contributed by atoms with E-state index in [1.807, 2.05) is 11.4 Å². The summed E-state index contributed by atoms with van der Waals surface area (Å²) in [6, 6.07) is 4.09. The van der Waals surface area contributed by atoms with E-state index >= 15 is 0 Å². The Labute approximate surface area is 92.7 Å². The van der Waals surface area contributed by atoms with Gasteiger partial charge in [-0.05, 0) is 17.9 Å². The van der Waals surface area contributed by atoms with Crippen molar-refractivity contribution in [2.75, 3.05) is 13.1 Å². The number of nitrogens with zero attached hydrogens (tertiary/aromatic N) is 1. The molecule has 0 radical (unpaired) electrons. The molecule has 2 rings (SSSR count). The monoisotopic (exact) mass is 223 g/mol. The van der Waals surface area contributed by atoms with Crippen LogP contribution in [0.1, 0.15) is 17.7 Å². The molecule has 1 aliphatic rings. The lowest BCUT2D eigenvalue weighted by Gasteiger charge is -2.25. The van der Waals surface area contributed by atoms with Gasteiger partial charge in [0, 0.05) is 24.4 Å². The van der Waals surface area contributed by atoms with Gasteiger partial charge in [-0.2, -0.15) is 0 Å². The number of hydrogen-bond acceptors (Lipinski definition) is 3. The van der Waals surface area contributed by atoms with E-state index < -0.39 is 0 Å². The zero-order chi connectivity index (χ0) is 10.7. The smallest absolute Gasteiger partial charge is 0.230 e. The highest BCUT2D eigenvalue weighted by Crippen LogP contribution is 2.12. The molecule has 1 aliphatic heterocycles. The number of ketones is 1. The highest BCUT2D eigenvalue weighted by molar-refractivity contribution is 7.09. The first-order chi connectivity index (χ1) is 7.25. The van der Waals surface area contributed by atoms with Gasteiger partial charge in [0.1, 0.15) is 5.78 Å². The Morgan fingerprint density at radius 3 is 2.93 bits per heavy atom. The largest absolute Gasteiger partial charge is 0.342 e. The second-order valence-corrected chi connectivity index (χ2v) is 4.71. The van der Waals surface area contributed by atoms with Gasteiger partial charge in [0.05, 0.1) is 6.42 Å². The number of hydrogen-bond donors (Lipinski definition) is 0. The van der Waals surface area contributed by atoms with Crippen molar-refractivity contribution in [1.29, 1.82) is 0 Å². The zero-order valence-electron chi connectivity index (χ0n) is 8.44. The molecule has 1 aromatic rings. The van der Waals surface area contributed by atoms with Crippen molar-refractivity contribution in [1.82, 2.24) is 4.90 Å². The fourth-order valence-electron chi connectivity index (χ4n) is 1.69. The quantitative estimate of drug-likeness (QED) is 0.728. The molecule has 2 heterocycles. The second kappa shape index (κ2) is 4.57. The Morgan fingerprint density at radius 1 is 1.40 bits per heavy atom. The minimum absolute atomic E-state index is 0.0113. The van der Waals surface area contributed by atoms with Gasteiger partial charge in [0.15, 0.2) is 0 Å². The normalized spacial score (nSPS) is 17.2. The molecule has 0 spiro atoms. The lowest BCUT2D eigenvalue weighted by Crippen LogP contribution is -2.40. The van der Waals surface area contributed by atoms with Gasteiger partial charge in [-0.3, -0.25) is 9.59 Å². The first-order valence-electron chi connectivity index (χ1n) is 5.07. The van der Waals surface area contributed by atoms with Crippen LogP contribution in [0.4, 0.5) is 0 Å². The average Bonchev–Trinajstić information content (AvgIpc) is 2.69. The summed E-state index contributed by atoms with van der Waals surface area (Å²) in [6.07, 6.45) is 1.53. The molecule has 0 aromatic carbocycles. The van der Waals surface area contributed by atoms with E-state index in [4.69, 9.17) is 0 Å². The van der Waals surface area contributed by atoms with Gasteiger partial charge in [0.25, 0.3) is 0 Å². The lowest BCUT2D eigenvalue weighted by atomic mass is 10.1. The van der Waals surface area contributed by atoms with Gasteiger partial charge < -0.3 is 4.90 Å². The SMILES string of the molecule is O=C1CCN(CCc2cccs2)C(=O)C1. The predicted octanol–water partition coefficient (Wildman–Crippen LogP) is 1.48. The Kier molecular flexibility index (Phi) is 3.16. The van der Waals surface area contributed by atoms with Crippen LogP contribution in [0.3, 0.4) is 0 Å². The van der Waals surface area contributed by atoms with Gasteiger partial charge >= 0.3 is 0 Å². The summed E-state index contributed by atoms with van der Waals surface area (Å²) in [4.78, 5) is 25.6. The van der Waals surface area contributed by atoms with Crippen LogP contribution in [0, 0.1) is 0 Å². The van der Waals surface area contributed by atoms with E-state index in [1.54, 1.807) is 16.2 Å². The van der Waals surface area contributed by atoms with Crippen molar-refractivity contribution in [3.05, 3.63) is 22.4 Å². The Hall–Kier alpha value is -1.16. The molecule has 0 bridgehead atoms. The molecule has 0 N–H and O–H groups in total. The third-order valence-corrected chi connectivity index (χ3v) is 3.51.